The summed E-state index contributed by atoms with van der Waals surface area (Å²) >= 11 is 0. The quantitative estimate of drug-likeness (QED) is 0.928. The van der Waals surface area contributed by atoms with Crippen LogP contribution in [0.25, 0.3) is 0 Å². The number of hydrogen-bond acceptors (Lipinski definition) is 3. The lowest BCUT2D eigenvalue weighted by Gasteiger charge is -2.34. The Balaban J connectivity index is 2.01. The molecule has 1 aromatic carbocycles. The molecule has 0 saturated carbocycles. The third-order valence-electron chi connectivity index (χ3n) is 3.87. The first kappa shape index (κ1) is 15.8. The zero-order chi connectivity index (χ0) is 15.5. The summed E-state index contributed by atoms with van der Waals surface area (Å²) in [5.41, 5.74) is 1.13. The largest absolute Gasteiger partial charge is 0.483 e. The topological polar surface area (TPSA) is 41.6 Å². The van der Waals surface area contributed by atoms with Crippen LogP contribution in [-0.2, 0) is 10.2 Å². The number of benzene rings is 1. The SMILES string of the molecule is C[C@H]1CNCCN1C(=O)COc1ccccc1C(C)(C)C. The molecule has 0 bridgehead atoms. The third-order valence-corrected chi connectivity index (χ3v) is 3.87. The van der Waals surface area contributed by atoms with Crippen LogP contribution in [0.4, 0.5) is 0 Å². The van der Waals surface area contributed by atoms with E-state index in [1.807, 2.05) is 23.1 Å². The average Bonchev–Trinajstić information content (AvgIpc) is 2.44. The van der Waals surface area contributed by atoms with Gasteiger partial charge in [-0.2, -0.15) is 0 Å². The highest BCUT2D eigenvalue weighted by Crippen LogP contribution is 2.30. The smallest absolute Gasteiger partial charge is 0.260 e. The van der Waals surface area contributed by atoms with E-state index in [1.54, 1.807) is 0 Å². The predicted molar refractivity (Wildman–Crippen MR) is 84.7 cm³/mol. The first-order valence-electron chi connectivity index (χ1n) is 7.62. The summed E-state index contributed by atoms with van der Waals surface area (Å²) in [5, 5.41) is 3.29. The summed E-state index contributed by atoms with van der Waals surface area (Å²) in [6.07, 6.45) is 0. The highest BCUT2D eigenvalue weighted by molar-refractivity contribution is 5.78. The molecule has 1 amide bonds. The number of amides is 1. The standard InChI is InChI=1S/C17H26N2O2/c1-13-11-18-9-10-19(13)16(20)12-21-15-8-6-5-7-14(15)17(2,3)4/h5-8,13,18H,9-12H2,1-4H3/t13-/m0/s1. The fourth-order valence-corrected chi connectivity index (χ4v) is 2.65. The minimum absolute atomic E-state index is 0.00196. The monoisotopic (exact) mass is 290 g/mol. The van der Waals surface area contributed by atoms with Crippen molar-refractivity contribution >= 4 is 5.91 Å². The van der Waals surface area contributed by atoms with E-state index in [2.05, 4.69) is 39.1 Å². The van der Waals surface area contributed by atoms with Crippen molar-refractivity contribution in [1.82, 2.24) is 10.2 Å². The first-order chi connectivity index (χ1) is 9.89. The van der Waals surface area contributed by atoms with Crippen molar-refractivity contribution in [3.8, 4) is 5.75 Å². The fraction of sp³-hybridized carbons (Fsp3) is 0.588. The van der Waals surface area contributed by atoms with Gasteiger partial charge in [0.2, 0.25) is 0 Å². The lowest BCUT2D eigenvalue weighted by Crippen LogP contribution is -2.53. The molecular weight excluding hydrogens is 264 g/mol. The van der Waals surface area contributed by atoms with Crippen LogP contribution in [0.3, 0.4) is 0 Å². The molecule has 1 saturated heterocycles. The minimum Gasteiger partial charge on any atom is -0.483 e. The maximum Gasteiger partial charge on any atom is 0.260 e. The van der Waals surface area contributed by atoms with Crippen LogP contribution in [-0.4, -0.2) is 43.1 Å². The van der Waals surface area contributed by atoms with Crippen molar-refractivity contribution in [2.45, 2.75) is 39.2 Å². The Morgan fingerprint density at radius 1 is 1.38 bits per heavy atom. The Morgan fingerprint density at radius 3 is 2.76 bits per heavy atom. The van der Waals surface area contributed by atoms with Crippen molar-refractivity contribution < 1.29 is 9.53 Å². The Hall–Kier alpha value is -1.55. The first-order valence-corrected chi connectivity index (χ1v) is 7.62. The van der Waals surface area contributed by atoms with Crippen LogP contribution in [0, 0.1) is 0 Å². The molecular formula is C17H26N2O2. The number of rotatable bonds is 3. The van der Waals surface area contributed by atoms with Crippen LogP contribution < -0.4 is 10.1 Å². The summed E-state index contributed by atoms with van der Waals surface area (Å²) in [6, 6.07) is 8.19. The summed E-state index contributed by atoms with van der Waals surface area (Å²) in [5.74, 6) is 0.869. The van der Waals surface area contributed by atoms with Crippen molar-refractivity contribution in [1.29, 1.82) is 0 Å². The molecule has 116 valence electrons. The Kier molecular flexibility index (Phi) is 4.88. The van der Waals surface area contributed by atoms with Crippen LogP contribution >= 0.6 is 0 Å². The number of carbonyl (C=O) groups excluding carboxylic acids is 1. The Bertz CT molecular complexity index is 494. The molecule has 1 aliphatic rings. The second-order valence-electron chi connectivity index (χ2n) is 6.68. The van der Waals surface area contributed by atoms with Gasteiger partial charge in [-0.1, -0.05) is 39.0 Å². The second kappa shape index (κ2) is 6.48. The van der Waals surface area contributed by atoms with Crippen molar-refractivity contribution in [2.24, 2.45) is 0 Å². The zero-order valence-corrected chi connectivity index (χ0v) is 13.5. The molecule has 0 unspecified atom stereocenters. The molecule has 4 heteroatoms. The van der Waals surface area contributed by atoms with Crippen LogP contribution in [0.5, 0.6) is 5.75 Å². The Morgan fingerprint density at radius 2 is 2.10 bits per heavy atom. The normalized spacial score (nSPS) is 19.4. The third kappa shape index (κ3) is 3.97. The predicted octanol–water partition coefficient (Wildman–Crippen LogP) is 2.18. The number of ether oxygens (including phenoxy) is 1. The van der Waals surface area contributed by atoms with Gasteiger partial charge in [0.15, 0.2) is 6.61 Å². The second-order valence-corrected chi connectivity index (χ2v) is 6.68. The molecule has 1 N–H and O–H groups in total. The average molecular weight is 290 g/mol. The summed E-state index contributed by atoms with van der Waals surface area (Å²) in [7, 11) is 0. The van der Waals surface area contributed by atoms with E-state index in [0.29, 0.717) is 0 Å². The molecule has 21 heavy (non-hydrogen) atoms. The van der Waals surface area contributed by atoms with Gasteiger partial charge in [0.1, 0.15) is 5.75 Å². The van der Waals surface area contributed by atoms with E-state index >= 15 is 0 Å². The molecule has 1 aromatic rings. The molecule has 1 fully saturated rings. The van der Waals surface area contributed by atoms with Crippen molar-refractivity contribution in [2.75, 3.05) is 26.2 Å². The molecule has 2 rings (SSSR count). The summed E-state index contributed by atoms with van der Waals surface area (Å²) < 4.78 is 5.82. The van der Waals surface area contributed by atoms with Gasteiger partial charge in [-0.05, 0) is 24.0 Å². The van der Waals surface area contributed by atoms with Crippen molar-refractivity contribution in [3.05, 3.63) is 29.8 Å². The number of para-hydroxylation sites is 1. The van der Waals surface area contributed by atoms with Gasteiger partial charge < -0.3 is 15.0 Å². The van der Waals surface area contributed by atoms with E-state index in [4.69, 9.17) is 4.74 Å². The molecule has 4 nitrogen and oxygen atoms in total. The summed E-state index contributed by atoms with van der Waals surface area (Å²) in [6.45, 7) is 11.1. The van der Waals surface area contributed by atoms with Gasteiger partial charge in [0.05, 0.1) is 0 Å². The van der Waals surface area contributed by atoms with Gasteiger partial charge in [-0.25, -0.2) is 0 Å². The van der Waals surface area contributed by atoms with E-state index in [9.17, 15) is 4.79 Å². The maximum absolute atomic E-state index is 12.3. The van der Waals surface area contributed by atoms with Gasteiger partial charge >= 0.3 is 0 Å². The van der Waals surface area contributed by atoms with Gasteiger partial charge in [0.25, 0.3) is 5.91 Å². The number of nitrogens with one attached hydrogen (secondary N) is 1. The highest BCUT2D eigenvalue weighted by Gasteiger charge is 2.24. The molecule has 1 aliphatic heterocycles. The van der Waals surface area contributed by atoms with Crippen LogP contribution in [0.15, 0.2) is 24.3 Å². The van der Waals surface area contributed by atoms with E-state index < -0.39 is 0 Å². The molecule has 0 radical (unpaired) electrons. The van der Waals surface area contributed by atoms with Gasteiger partial charge in [0, 0.05) is 25.7 Å². The molecule has 0 spiro atoms. The maximum atomic E-state index is 12.3. The number of hydrogen-bond donors (Lipinski definition) is 1. The zero-order valence-electron chi connectivity index (χ0n) is 13.5. The molecule has 0 aromatic heterocycles. The van der Waals surface area contributed by atoms with Crippen molar-refractivity contribution in [3.63, 3.8) is 0 Å². The lowest BCUT2D eigenvalue weighted by molar-refractivity contribution is -0.136. The fourth-order valence-electron chi connectivity index (χ4n) is 2.65. The lowest BCUT2D eigenvalue weighted by atomic mass is 9.86. The van der Waals surface area contributed by atoms with E-state index in [-0.39, 0.29) is 24.0 Å². The van der Waals surface area contributed by atoms with Gasteiger partial charge in [-0.15, -0.1) is 0 Å². The number of carbonyl (C=O) groups is 1. The molecule has 1 heterocycles. The molecule has 1 atom stereocenters. The van der Waals surface area contributed by atoms with E-state index in [0.717, 1.165) is 30.9 Å². The van der Waals surface area contributed by atoms with Crippen LogP contribution in [0.2, 0.25) is 0 Å². The number of nitrogens with zero attached hydrogens (tertiary/aromatic N) is 1. The minimum atomic E-state index is 0.00196. The molecule has 0 aliphatic carbocycles. The number of piperazine rings is 1. The van der Waals surface area contributed by atoms with E-state index in [1.165, 1.54) is 0 Å². The summed E-state index contributed by atoms with van der Waals surface area (Å²) in [4.78, 5) is 14.2. The van der Waals surface area contributed by atoms with Crippen LogP contribution in [0.1, 0.15) is 33.3 Å². The Labute approximate surface area is 127 Å². The van der Waals surface area contributed by atoms with Gasteiger partial charge in [-0.3, -0.25) is 4.79 Å². The highest BCUT2D eigenvalue weighted by atomic mass is 16.5.